The molecule has 9 heteroatoms. The van der Waals surface area contributed by atoms with E-state index in [1.165, 1.54) is 0 Å². The van der Waals surface area contributed by atoms with Crippen molar-refractivity contribution in [2.24, 2.45) is 0 Å². The number of ether oxygens (including phenoxy) is 5. The summed E-state index contributed by atoms with van der Waals surface area (Å²) >= 11 is 0. The number of benzene rings is 3. The zero-order valence-corrected chi connectivity index (χ0v) is 24.6. The lowest BCUT2D eigenvalue weighted by atomic mass is 9.97. The van der Waals surface area contributed by atoms with Gasteiger partial charge in [0.05, 0.1) is 19.8 Å². The lowest BCUT2D eigenvalue weighted by Gasteiger charge is -2.15. The SMILES string of the molecule is COCc1cc(OCCCCCCc2cccc(OCCCC(=O)O)c2CCC(=O)O)cc(-c2ccc3c(c2)OCO3)c1. The first kappa shape index (κ1) is 31.7. The van der Waals surface area contributed by atoms with Gasteiger partial charge < -0.3 is 33.9 Å². The van der Waals surface area contributed by atoms with Gasteiger partial charge >= 0.3 is 11.9 Å². The number of carboxylic acid groups (broad SMARTS) is 2. The summed E-state index contributed by atoms with van der Waals surface area (Å²) in [7, 11) is 1.68. The maximum atomic E-state index is 11.2. The summed E-state index contributed by atoms with van der Waals surface area (Å²) < 4.78 is 28.3. The average molecular weight is 593 g/mol. The molecule has 3 aromatic rings. The molecule has 4 rings (SSSR count). The van der Waals surface area contributed by atoms with Crippen LogP contribution in [0.1, 0.15) is 61.6 Å². The van der Waals surface area contributed by atoms with Crippen molar-refractivity contribution in [3.05, 3.63) is 71.3 Å². The number of aryl methyl sites for hydroxylation is 1. The molecule has 0 bridgehead atoms. The minimum Gasteiger partial charge on any atom is -0.494 e. The Kier molecular flexibility index (Phi) is 12.1. The Labute approximate surface area is 252 Å². The fraction of sp³-hybridized carbons (Fsp3) is 0.412. The number of carboxylic acids is 2. The number of hydrogen-bond donors (Lipinski definition) is 2. The normalized spacial score (nSPS) is 11.8. The number of rotatable bonds is 19. The highest BCUT2D eigenvalue weighted by molar-refractivity contribution is 5.70. The first-order valence-corrected chi connectivity index (χ1v) is 14.8. The lowest BCUT2D eigenvalue weighted by molar-refractivity contribution is -0.138. The van der Waals surface area contributed by atoms with E-state index in [0.717, 1.165) is 77.2 Å². The number of unbranched alkanes of at least 4 members (excludes halogenated alkanes) is 3. The van der Waals surface area contributed by atoms with Crippen molar-refractivity contribution in [2.45, 2.75) is 64.4 Å². The van der Waals surface area contributed by atoms with Crippen molar-refractivity contribution in [2.75, 3.05) is 27.1 Å². The van der Waals surface area contributed by atoms with E-state index in [-0.39, 0.29) is 26.2 Å². The summed E-state index contributed by atoms with van der Waals surface area (Å²) in [6.45, 7) is 1.60. The van der Waals surface area contributed by atoms with Gasteiger partial charge in [-0.15, -0.1) is 0 Å². The summed E-state index contributed by atoms with van der Waals surface area (Å²) in [6, 6.07) is 17.8. The highest BCUT2D eigenvalue weighted by Gasteiger charge is 2.15. The van der Waals surface area contributed by atoms with Gasteiger partial charge in [-0.05, 0) is 96.3 Å². The fourth-order valence-corrected chi connectivity index (χ4v) is 5.10. The first-order chi connectivity index (χ1) is 20.9. The lowest BCUT2D eigenvalue weighted by Crippen LogP contribution is -2.07. The van der Waals surface area contributed by atoms with E-state index < -0.39 is 11.9 Å². The zero-order chi connectivity index (χ0) is 30.4. The van der Waals surface area contributed by atoms with Crippen LogP contribution in [0.3, 0.4) is 0 Å². The van der Waals surface area contributed by atoms with Crippen LogP contribution >= 0.6 is 0 Å². The molecular weight excluding hydrogens is 552 g/mol. The summed E-state index contributed by atoms with van der Waals surface area (Å²) in [5.41, 5.74) is 5.05. The molecule has 0 saturated heterocycles. The maximum absolute atomic E-state index is 11.2. The Balaban J connectivity index is 1.27. The Morgan fingerprint density at radius 3 is 2.37 bits per heavy atom. The highest BCUT2D eigenvalue weighted by atomic mass is 16.7. The predicted molar refractivity (Wildman–Crippen MR) is 161 cm³/mol. The second-order valence-corrected chi connectivity index (χ2v) is 10.5. The minimum atomic E-state index is -0.862. The molecule has 0 radical (unpaired) electrons. The van der Waals surface area contributed by atoms with E-state index in [1.807, 2.05) is 48.5 Å². The van der Waals surface area contributed by atoms with Gasteiger partial charge in [0, 0.05) is 20.0 Å². The van der Waals surface area contributed by atoms with Crippen LogP contribution in [-0.2, 0) is 33.8 Å². The Bertz CT molecular complexity index is 1370. The largest absolute Gasteiger partial charge is 0.494 e. The molecule has 1 aliphatic heterocycles. The van der Waals surface area contributed by atoms with Gasteiger partial charge in [-0.25, -0.2) is 0 Å². The molecule has 0 saturated carbocycles. The van der Waals surface area contributed by atoms with Gasteiger partial charge in [-0.3, -0.25) is 9.59 Å². The molecule has 9 nitrogen and oxygen atoms in total. The van der Waals surface area contributed by atoms with Crippen LogP contribution in [0.15, 0.2) is 54.6 Å². The number of hydrogen-bond acceptors (Lipinski definition) is 7. The van der Waals surface area contributed by atoms with Crippen LogP contribution < -0.4 is 18.9 Å². The fourth-order valence-electron chi connectivity index (χ4n) is 5.10. The van der Waals surface area contributed by atoms with Crippen LogP contribution in [0.5, 0.6) is 23.0 Å². The number of fused-ring (bicyclic) bond motifs is 1. The molecule has 3 aromatic carbocycles. The van der Waals surface area contributed by atoms with Crippen molar-refractivity contribution < 1.29 is 43.5 Å². The quantitative estimate of drug-likeness (QED) is 0.147. The average Bonchev–Trinajstić information content (AvgIpc) is 3.46. The van der Waals surface area contributed by atoms with E-state index in [9.17, 15) is 14.7 Å². The molecule has 1 aliphatic rings. The third-order valence-electron chi connectivity index (χ3n) is 7.20. The van der Waals surface area contributed by atoms with Crippen molar-refractivity contribution in [3.8, 4) is 34.1 Å². The molecule has 0 unspecified atom stereocenters. The summed E-state index contributed by atoms with van der Waals surface area (Å²) in [5, 5.41) is 18.1. The van der Waals surface area contributed by atoms with Crippen molar-refractivity contribution in [1.82, 2.24) is 0 Å². The van der Waals surface area contributed by atoms with Crippen LogP contribution in [0.25, 0.3) is 11.1 Å². The number of aliphatic carboxylic acids is 2. The van der Waals surface area contributed by atoms with Crippen LogP contribution in [-0.4, -0.2) is 49.3 Å². The standard InChI is InChI=1S/C34H40O9/c1-39-22-24-18-27(26-12-14-31-32(21-26)43-23-42-31)20-28(19-24)40-16-5-3-2-4-8-25-9-6-10-30(29(25)13-15-34(37)38)41-17-7-11-33(35)36/h6,9-10,12,14,18-21H,2-5,7-8,11,13,15-17,22-23H2,1H3,(H,35,36)(H,37,38). The Hall–Kier alpha value is -4.24. The van der Waals surface area contributed by atoms with E-state index >= 15 is 0 Å². The molecule has 0 aromatic heterocycles. The van der Waals surface area contributed by atoms with Gasteiger partial charge in [0.15, 0.2) is 11.5 Å². The molecule has 0 fully saturated rings. The Morgan fingerprint density at radius 1 is 0.767 bits per heavy atom. The van der Waals surface area contributed by atoms with Gasteiger partial charge in [-0.1, -0.05) is 31.0 Å². The van der Waals surface area contributed by atoms with E-state index in [0.29, 0.717) is 31.8 Å². The predicted octanol–water partition coefficient (Wildman–Crippen LogP) is 6.67. The zero-order valence-electron chi connectivity index (χ0n) is 24.6. The second-order valence-electron chi connectivity index (χ2n) is 10.5. The van der Waals surface area contributed by atoms with E-state index in [2.05, 4.69) is 6.07 Å². The molecule has 0 aliphatic carbocycles. The van der Waals surface area contributed by atoms with Gasteiger partial charge in [0.25, 0.3) is 0 Å². The van der Waals surface area contributed by atoms with Crippen LogP contribution in [0.2, 0.25) is 0 Å². The highest BCUT2D eigenvalue weighted by Crippen LogP contribution is 2.37. The van der Waals surface area contributed by atoms with Gasteiger partial charge in [-0.2, -0.15) is 0 Å². The van der Waals surface area contributed by atoms with Crippen molar-refractivity contribution in [1.29, 1.82) is 0 Å². The molecule has 43 heavy (non-hydrogen) atoms. The smallest absolute Gasteiger partial charge is 0.303 e. The van der Waals surface area contributed by atoms with Gasteiger partial charge in [0.2, 0.25) is 6.79 Å². The van der Waals surface area contributed by atoms with E-state index in [1.54, 1.807) is 7.11 Å². The van der Waals surface area contributed by atoms with Crippen LogP contribution in [0.4, 0.5) is 0 Å². The minimum absolute atomic E-state index is 0.0157. The third-order valence-corrected chi connectivity index (χ3v) is 7.20. The molecule has 0 amide bonds. The molecule has 0 atom stereocenters. The third kappa shape index (κ3) is 9.92. The maximum Gasteiger partial charge on any atom is 0.303 e. The topological polar surface area (TPSA) is 121 Å². The monoisotopic (exact) mass is 592 g/mol. The summed E-state index contributed by atoms with van der Waals surface area (Å²) in [4.78, 5) is 22.0. The van der Waals surface area contributed by atoms with Gasteiger partial charge in [0.1, 0.15) is 11.5 Å². The van der Waals surface area contributed by atoms with Crippen molar-refractivity contribution in [3.63, 3.8) is 0 Å². The molecular formula is C34H40O9. The van der Waals surface area contributed by atoms with Crippen molar-refractivity contribution >= 4 is 11.9 Å². The summed E-state index contributed by atoms with van der Waals surface area (Å²) in [5.74, 6) is 1.21. The second kappa shape index (κ2) is 16.4. The summed E-state index contributed by atoms with van der Waals surface area (Å²) in [6.07, 6.45) is 5.53. The molecule has 2 N–H and O–H groups in total. The van der Waals surface area contributed by atoms with Crippen LogP contribution in [0, 0.1) is 0 Å². The molecule has 0 spiro atoms. The number of carbonyl (C=O) groups is 2. The molecule has 230 valence electrons. The number of methoxy groups -OCH3 is 1. The molecule has 1 heterocycles. The Morgan fingerprint density at radius 2 is 1.56 bits per heavy atom. The van der Waals surface area contributed by atoms with E-state index in [4.69, 9.17) is 28.8 Å². The first-order valence-electron chi connectivity index (χ1n) is 14.8.